The maximum absolute atomic E-state index is 12.0. The molecule has 0 spiro atoms. The summed E-state index contributed by atoms with van der Waals surface area (Å²) in [4.78, 5) is 12.0. The predicted octanol–water partition coefficient (Wildman–Crippen LogP) is 3.38. The molecular formula is C16H14O3. The number of allylic oxidation sites excluding steroid dienone is 2. The number of carbonyl (C=O) groups excluding carboxylic acids is 1. The SMILES string of the molecule is C/C(=C\C(=O)c1ccccc1O)c1ccccc1O. The van der Waals surface area contributed by atoms with Crippen molar-refractivity contribution in [2.24, 2.45) is 0 Å². The molecule has 0 radical (unpaired) electrons. The molecule has 19 heavy (non-hydrogen) atoms. The van der Waals surface area contributed by atoms with E-state index in [0.717, 1.165) is 0 Å². The van der Waals surface area contributed by atoms with E-state index in [4.69, 9.17) is 0 Å². The summed E-state index contributed by atoms with van der Waals surface area (Å²) < 4.78 is 0. The molecule has 2 aromatic rings. The number of phenols is 2. The van der Waals surface area contributed by atoms with E-state index in [0.29, 0.717) is 11.1 Å². The lowest BCUT2D eigenvalue weighted by Gasteiger charge is -2.05. The summed E-state index contributed by atoms with van der Waals surface area (Å²) in [6.07, 6.45) is 1.41. The van der Waals surface area contributed by atoms with Crippen molar-refractivity contribution in [2.45, 2.75) is 6.92 Å². The van der Waals surface area contributed by atoms with Gasteiger partial charge in [0.2, 0.25) is 0 Å². The zero-order valence-electron chi connectivity index (χ0n) is 10.5. The zero-order chi connectivity index (χ0) is 13.8. The summed E-state index contributed by atoms with van der Waals surface area (Å²) in [7, 11) is 0. The molecule has 0 heterocycles. The van der Waals surface area contributed by atoms with E-state index in [9.17, 15) is 15.0 Å². The number of carbonyl (C=O) groups is 1. The normalized spacial score (nSPS) is 11.3. The van der Waals surface area contributed by atoms with Gasteiger partial charge in [-0.3, -0.25) is 4.79 Å². The first-order valence-corrected chi connectivity index (χ1v) is 5.88. The van der Waals surface area contributed by atoms with Crippen LogP contribution in [0.15, 0.2) is 54.6 Å². The molecule has 0 saturated carbocycles. The Labute approximate surface area is 111 Å². The van der Waals surface area contributed by atoms with Crippen LogP contribution in [0, 0.1) is 0 Å². The number of aromatic hydroxyl groups is 2. The Kier molecular flexibility index (Phi) is 3.66. The maximum atomic E-state index is 12.0. The number of rotatable bonds is 3. The van der Waals surface area contributed by atoms with Crippen LogP contribution in [0.4, 0.5) is 0 Å². The van der Waals surface area contributed by atoms with Crippen molar-refractivity contribution in [1.82, 2.24) is 0 Å². The van der Waals surface area contributed by atoms with Gasteiger partial charge in [0.05, 0.1) is 5.56 Å². The molecule has 0 amide bonds. The predicted molar refractivity (Wildman–Crippen MR) is 74.2 cm³/mol. The Balaban J connectivity index is 2.34. The number of hydrogen-bond donors (Lipinski definition) is 2. The minimum Gasteiger partial charge on any atom is -0.507 e. The number of hydrogen-bond acceptors (Lipinski definition) is 3. The van der Waals surface area contributed by atoms with Crippen molar-refractivity contribution < 1.29 is 15.0 Å². The van der Waals surface area contributed by atoms with Gasteiger partial charge >= 0.3 is 0 Å². The van der Waals surface area contributed by atoms with Gasteiger partial charge in [0.15, 0.2) is 5.78 Å². The summed E-state index contributed by atoms with van der Waals surface area (Å²) in [5.74, 6) is -0.214. The second kappa shape index (κ2) is 5.40. The largest absolute Gasteiger partial charge is 0.507 e. The fraction of sp³-hybridized carbons (Fsp3) is 0.0625. The highest BCUT2D eigenvalue weighted by atomic mass is 16.3. The van der Waals surface area contributed by atoms with Crippen molar-refractivity contribution >= 4 is 11.4 Å². The summed E-state index contributed by atoms with van der Waals surface area (Å²) >= 11 is 0. The van der Waals surface area contributed by atoms with Gasteiger partial charge in [0.1, 0.15) is 11.5 Å². The molecule has 0 aliphatic rings. The maximum Gasteiger partial charge on any atom is 0.189 e. The third-order valence-corrected chi connectivity index (χ3v) is 2.85. The quantitative estimate of drug-likeness (QED) is 0.652. The Morgan fingerprint density at radius 1 is 0.895 bits per heavy atom. The average Bonchev–Trinajstić information content (AvgIpc) is 2.39. The van der Waals surface area contributed by atoms with Gasteiger partial charge in [-0.1, -0.05) is 30.3 Å². The van der Waals surface area contributed by atoms with Gasteiger partial charge in [0.25, 0.3) is 0 Å². The van der Waals surface area contributed by atoms with Crippen molar-refractivity contribution in [3.05, 3.63) is 65.7 Å². The van der Waals surface area contributed by atoms with Gasteiger partial charge in [-0.25, -0.2) is 0 Å². The second-order valence-electron chi connectivity index (χ2n) is 4.23. The summed E-state index contributed by atoms with van der Waals surface area (Å²) in [6, 6.07) is 13.2. The van der Waals surface area contributed by atoms with Crippen LogP contribution in [0.2, 0.25) is 0 Å². The highest BCUT2D eigenvalue weighted by molar-refractivity contribution is 6.10. The molecule has 2 N–H and O–H groups in total. The van der Waals surface area contributed by atoms with Crippen LogP contribution in [0.5, 0.6) is 11.5 Å². The fourth-order valence-electron chi connectivity index (χ4n) is 1.84. The molecule has 0 aliphatic carbocycles. The summed E-state index contributed by atoms with van der Waals surface area (Å²) in [6.45, 7) is 1.74. The van der Waals surface area contributed by atoms with Crippen LogP contribution in [0.1, 0.15) is 22.8 Å². The molecule has 0 aliphatic heterocycles. The lowest BCUT2D eigenvalue weighted by molar-refractivity contribution is 0.104. The smallest absolute Gasteiger partial charge is 0.189 e. The molecular weight excluding hydrogens is 240 g/mol. The van der Waals surface area contributed by atoms with E-state index in [1.54, 1.807) is 49.4 Å². The van der Waals surface area contributed by atoms with Crippen LogP contribution in [-0.2, 0) is 0 Å². The Bertz CT molecular complexity index is 642. The van der Waals surface area contributed by atoms with E-state index >= 15 is 0 Å². The highest BCUT2D eigenvalue weighted by Gasteiger charge is 2.09. The van der Waals surface area contributed by atoms with E-state index < -0.39 is 0 Å². The molecule has 96 valence electrons. The number of benzene rings is 2. The van der Waals surface area contributed by atoms with Gasteiger partial charge in [-0.2, -0.15) is 0 Å². The van der Waals surface area contributed by atoms with Gasteiger partial charge in [0, 0.05) is 5.56 Å². The first-order chi connectivity index (χ1) is 9.09. The second-order valence-corrected chi connectivity index (χ2v) is 4.23. The first-order valence-electron chi connectivity index (χ1n) is 5.88. The number of phenolic OH excluding ortho intramolecular Hbond substituents is 2. The first kappa shape index (κ1) is 12.9. The molecule has 0 bridgehead atoms. The minimum absolute atomic E-state index is 0.0474. The average molecular weight is 254 g/mol. The minimum atomic E-state index is -0.293. The van der Waals surface area contributed by atoms with Crippen molar-refractivity contribution in [2.75, 3.05) is 0 Å². The topological polar surface area (TPSA) is 57.5 Å². The standard InChI is InChI=1S/C16H14O3/c1-11(12-6-2-4-8-14(12)17)10-16(19)13-7-3-5-9-15(13)18/h2-10,17-18H,1H3/b11-10+. The van der Waals surface area contributed by atoms with Crippen LogP contribution < -0.4 is 0 Å². The van der Waals surface area contributed by atoms with Gasteiger partial charge in [-0.05, 0) is 36.8 Å². The molecule has 2 aromatic carbocycles. The van der Waals surface area contributed by atoms with Gasteiger partial charge in [-0.15, -0.1) is 0 Å². The van der Waals surface area contributed by atoms with Crippen LogP contribution in [0.25, 0.3) is 5.57 Å². The molecule has 0 saturated heterocycles. The monoisotopic (exact) mass is 254 g/mol. The number of ketones is 1. The highest BCUT2D eigenvalue weighted by Crippen LogP contribution is 2.25. The van der Waals surface area contributed by atoms with E-state index in [1.165, 1.54) is 12.1 Å². The number of para-hydroxylation sites is 2. The molecule has 0 aromatic heterocycles. The van der Waals surface area contributed by atoms with Crippen LogP contribution in [0.3, 0.4) is 0 Å². The third kappa shape index (κ3) is 2.83. The fourth-order valence-corrected chi connectivity index (χ4v) is 1.84. The Morgan fingerprint density at radius 2 is 1.37 bits per heavy atom. The molecule has 0 atom stereocenters. The summed E-state index contributed by atoms with van der Waals surface area (Å²) in [5, 5.41) is 19.3. The molecule has 0 fully saturated rings. The van der Waals surface area contributed by atoms with Crippen LogP contribution >= 0.6 is 0 Å². The van der Waals surface area contributed by atoms with Crippen molar-refractivity contribution in [3.8, 4) is 11.5 Å². The van der Waals surface area contributed by atoms with Crippen molar-refractivity contribution in [3.63, 3.8) is 0 Å². The van der Waals surface area contributed by atoms with E-state index in [-0.39, 0.29) is 22.8 Å². The molecule has 0 unspecified atom stereocenters. The van der Waals surface area contributed by atoms with E-state index in [2.05, 4.69) is 0 Å². The molecule has 2 rings (SSSR count). The Hall–Kier alpha value is -2.55. The molecule has 3 heteroatoms. The summed E-state index contributed by atoms with van der Waals surface area (Å²) in [5.41, 5.74) is 1.50. The van der Waals surface area contributed by atoms with E-state index in [1.807, 2.05) is 0 Å². The lowest BCUT2D eigenvalue weighted by Crippen LogP contribution is -1.96. The van der Waals surface area contributed by atoms with Crippen LogP contribution in [-0.4, -0.2) is 16.0 Å². The van der Waals surface area contributed by atoms with Crippen molar-refractivity contribution in [1.29, 1.82) is 0 Å². The third-order valence-electron chi connectivity index (χ3n) is 2.85. The zero-order valence-corrected chi connectivity index (χ0v) is 10.5. The lowest BCUT2D eigenvalue weighted by atomic mass is 10.0. The molecule has 3 nitrogen and oxygen atoms in total. The van der Waals surface area contributed by atoms with Gasteiger partial charge < -0.3 is 10.2 Å². The Morgan fingerprint density at radius 3 is 1.89 bits per heavy atom.